The highest BCUT2D eigenvalue weighted by molar-refractivity contribution is 6.11. The molecule has 6 nitrogen and oxygen atoms in total. The Hall–Kier alpha value is -8.22. The summed E-state index contributed by atoms with van der Waals surface area (Å²) in [5.41, 5.74) is 11.5. The molecule has 0 atom stereocenters. The molecule has 280 valence electrons. The van der Waals surface area contributed by atoms with Crippen molar-refractivity contribution in [1.82, 2.24) is 29.1 Å². The molecule has 60 heavy (non-hydrogen) atoms. The lowest BCUT2D eigenvalue weighted by Crippen LogP contribution is -2.01. The van der Waals surface area contributed by atoms with Crippen LogP contribution in [-0.4, -0.2) is 29.1 Å². The molecule has 8 aromatic carbocycles. The van der Waals surface area contributed by atoms with Gasteiger partial charge in [-0.25, -0.2) is 19.9 Å². The summed E-state index contributed by atoms with van der Waals surface area (Å²) in [7, 11) is 0. The van der Waals surface area contributed by atoms with Crippen molar-refractivity contribution in [3.8, 4) is 56.8 Å². The van der Waals surface area contributed by atoms with Gasteiger partial charge in [0.05, 0.1) is 27.6 Å². The summed E-state index contributed by atoms with van der Waals surface area (Å²) in [6, 6.07) is 72.2. The number of benzene rings is 8. The van der Waals surface area contributed by atoms with Gasteiger partial charge in [0, 0.05) is 49.3 Å². The van der Waals surface area contributed by atoms with Crippen molar-refractivity contribution >= 4 is 54.5 Å². The van der Waals surface area contributed by atoms with E-state index in [9.17, 15) is 0 Å². The highest BCUT2D eigenvalue weighted by atomic mass is 15.1. The number of para-hydroxylation sites is 4. The minimum Gasteiger partial charge on any atom is -0.309 e. The van der Waals surface area contributed by atoms with Crippen LogP contribution in [-0.2, 0) is 0 Å². The Morgan fingerprint density at radius 2 is 0.683 bits per heavy atom. The quantitative estimate of drug-likeness (QED) is 0.169. The van der Waals surface area contributed by atoms with Gasteiger partial charge in [0.15, 0.2) is 17.5 Å². The van der Waals surface area contributed by atoms with Gasteiger partial charge in [-0.15, -0.1) is 0 Å². The number of hydrogen-bond acceptors (Lipinski definition) is 4. The first-order valence-electron chi connectivity index (χ1n) is 20.1. The fraction of sp³-hybridized carbons (Fsp3) is 0. The van der Waals surface area contributed by atoms with E-state index in [0.717, 1.165) is 61.3 Å². The molecule has 4 heterocycles. The minimum absolute atomic E-state index is 0.619. The Balaban J connectivity index is 1.07. The number of fused-ring (bicyclic) bond motifs is 7. The van der Waals surface area contributed by atoms with Crippen LogP contribution >= 0.6 is 0 Å². The van der Waals surface area contributed by atoms with Crippen LogP contribution in [0.2, 0.25) is 0 Å². The Morgan fingerprint density at radius 3 is 1.17 bits per heavy atom. The van der Waals surface area contributed by atoms with E-state index in [1.807, 2.05) is 60.7 Å². The molecular weight excluding hydrogens is 733 g/mol. The van der Waals surface area contributed by atoms with Gasteiger partial charge in [0.2, 0.25) is 0 Å². The van der Waals surface area contributed by atoms with Gasteiger partial charge in [-0.2, -0.15) is 0 Å². The van der Waals surface area contributed by atoms with Gasteiger partial charge in [-0.05, 0) is 59.7 Å². The first-order chi connectivity index (χ1) is 29.7. The van der Waals surface area contributed by atoms with Crippen molar-refractivity contribution in [3.05, 3.63) is 206 Å². The van der Waals surface area contributed by atoms with Gasteiger partial charge in [0.1, 0.15) is 5.82 Å². The highest BCUT2D eigenvalue weighted by Crippen LogP contribution is 2.38. The van der Waals surface area contributed by atoms with Crippen molar-refractivity contribution in [2.24, 2.45) is 0 Å². The van der Waals surface area contributed by atoms with Crippen molar-refractivity contribution in [1.29, 1.82) is 0 Å². The average molecular weight is 767 g/mol. The van der Waals surface area contributed by atoms with Gasteiger partial charge < -0.3 is 4.57 Å². The average Bonchev–Trinajstić information content (AvgIpc) is 3.85. The summed E-state index contributed by atoms with van der Waals surface area (Å²) in [6.45, 7) is 0. The summed E-state index contributed by atoms with van der Waals surface area (Å²) in [5, 5.41) is 5.92. The molecule has 0 bridgehead atoms. The van der Waals surface area contributed by atoms with Crippen LogP contribution in [0.25, 0.3) is 111 Å². The second kappa shape index (κ2) is 13.7. The second-order valence-corrected chi connectivity index (χ2v) is 15.1. The van der Waals surface area contributed by atoms with Crippen LogP contribution in [0, 0.1) is 0 Å². The molecule has 12 rings (SSSR count). The Labute approximate surface area is 345 Å². The molecule has 0 N–H and O–H groups in total. The molecule has 0 unspecified atom stereocenters. The fourth-order valence-electron chi connectivity index (χ4n) is 8.80. The zero-order valence-corrected chi connectivity index (χ0v) is 32.3. The van der Waals surface area contributed by atoms with Crippen molar-refractivity contribution in [2.45, 2.75) is 0 Å². The first-order valence-corrected chi connectivity index (χ1v) is 20.1. The van der Waals surface area contributed by atoms with Crippen LogP contribution in [0.15, 0.2) is 206 Å². The topological polar surface area (TPSA) is 61.4 Å². The third-order valence-corrected chi connectivity index (χ3v) is 11.6. The Kier molecular flexibility index (Phi) is 7.74. The molecule has 0 fully saturated rings. The van der Waals surface area contributed by atoms with E-state index in [4.69, 9.17) is 19.9 Å². The number of pyridine rings is 1. The lowest BCUT2D eigenvalue weighted by Gasteiger charge is -2.15. The van der Waals surface area contributed by atoms with E-state index in [-0.39, 0.29) is 0 Å². The predicted molar refractivity (Wildman–Crippen MR) is 246 cm³/mol. The van der Waals surface area contributed by atoms with Crippen molar-refractivity contribution < 1.29 is 0 Å². The van der Waals surface area contributed by atoms with Gasteiger partial charge in [0.25, 0.3) is 0 Å². The van der Waals surface area contributed by atoms with E-state index in [2.05, 4.69) is 155 Å². The predicted octanol–water partition coefficient (Wildman–Crippen LogP) is 13.3. The van der Waals surface area contributed by atoms with E-state index in [1.54, 1.807) is 0 Å². The number of aromatic nitrogens is 6. The largest absolute Gasteiger partial charge is 0.309 e. The third-order valence-electron chi connectivity index (χ3n) is 11.6. The van der Waals surface area contributed by atoms with Gasteiger partial charge in [-0.1, -0.05) is 158 Å². The molecule has 0 aliphatic rings. The van der Waals surface area contributed by atoms with E-state index in [0.29, 0.717) is 17.5 Å². The summed E-state index contributed by atoms with van der Waals surface area (Å²) < 4.78 is 4.66. The van der Waals surface area contributed by atoms with E-state index >= 15 is 0 Å². The lowest BCUT2D eigenvalue weighted by atomic mass is 9.99. The van der Waals surface area contributed by atoms with Gasteiger partial charge in [-0.3, -0.25) is 4.57 Å². The highest BCUT2D eigenvalue weighted by Gasteiger charge is 2.19. The van der Waals surface area contributed by atoms with E-state index in [1.165, 1.54) is 32.6 Å². The normalized spacial score (nSPS) is 11.7. The molecule has 0 saturated heterocycles. The van der Waals surface area contributed by atoms with Crippen molar-refractivity contribution in [3.63, 3.8) is 0 Å². The maximum atomic E-state index is 5.42. The lowest BCUT2D eigenvalue weighted by molar-refractivity contribution is 1.07. The molecule has 0 aliphatic heterocycles. The monoisotopic (exact) mass is 766 g/mol. The maximum absolute atomic E-state index is 5.42. The molecule has 12 aromatic rings. The molecule has 0 saturated carbocycles. The van der Waals surface area contributed by atoms with Gasteiger partial charge >= 0.3 is 0 Å². The summed E-state index contributed by atoms with van der Waals surface area (Å²) in [5.74, 6) is 2.75. The standard InChI is InChI=1S/C54H34N6/c1-3-15-36(16-4-1)52-56-53(37-17-5-2-6-18-37)58-54(57-52)38-29-27-35(28-30-38)44-34-51(60-49-25-13-9-21-42(49)43-22-10-14-26-50(43)60)55-46-32-31-39(33-45(44)46)59-47-23-11-7-19-40(47)41-20-8-12-24-48(41)59/h1-34H. The second-order valence-electron chi connectivity index (χ2n) is 15.1. The molecular formula is C54H34N6. The van der Waals surface area contributed by atoms with Crippen LogP contribution in [0.1, 0.15) is 0 Å². The number of hydrogen-bond donors (Lipinski definition) is 0. The number of rotatable bonds is 6. The zero-order chi connectivity index (χ0) is 39.6. The molecule has 0 spiro atoms. The molecule has 0 aliphatic carbocycles. The van der Waals surface area contributed by atoms with Crippen LogP contribution in [0.4, 0.5) is 0 Å². The Morgan fingerprint density at radius 1 is 0.283 bits per heavy atom. The number of nitrogens with zero attached hydrogens (tertiary/aromatic N) is 6. The molecule has 0 radical (unpaired) electrons. The van der Waals surface area contributed by atoms with Crippen molar-refractivity contribution in [2.75, 3.05) is 0 Å². The molecule has 0 amide bonds. The van der Waals surface area contributed by atoms with Crippen LogP contribution in [0.5, 0.6) is 0 Å². The fourth-order valence-corrected chi connectivity index (χ4v) is 8.80. The SMILES string of the molecule is c1ccc(-c2nc(-c3ccccc3)nc(-c3ccc(-c4cc(-n5c6ccccc6c6ccccc65)nc5ccc(-n6c7ccccc7c7ccccc76)cc45)cc3)n2)cc1. The zero-order valence-electron chi connectivity index (χ0n) is 32.3. The van der Waals surface area contributed by atoms with Crippen LogP contribution < -0.4 is 0 Å². The third kappa shape index (κ3) is 5.50. The van der Waals surface area contributed by atoms with E-state index < -0.39 is 0 Å². The maximum Gasteiger partial charge on any atom is 0.164 e. The molecule has 6 heteroatoms. The smallest absolute Gasteiger partial charge is 0.164 e. The van der Waals surface area contributed by atoms with Crippen LogP contribution in [0.3, 0.4) is 0 Å². The first kappa shape index (κ1) is 33.9. The Bertz CT molecular complexity index is 3420. The minimum atomic E-state index is 0.619. The summed E-state index contributed by atoms with van der Waals surface area (Å²) in [6.07, 6.45) is 0. The molecule has 4 aromatic heterocycles. The summed E-state index contributed by atoms with van der Waals surface area (Å²) >= 11 is 0. The summed E-state index contributed by atoms with van der Waals surface area (Å²) in [4.78, 5) is 20.3.